The zero-order chi connectivity index (χ0) is 30.8. The number of hydrogen-bond acceptors (Lipinski definition) is 5. The molecule has 0 saturated carbocycles. The van der Waals surface area contributed by atoms with Crippen molar-refractivity contribution in [2.75, 3.05) is 5.32 Å². The van der Waals surface area contributed by atoms with Gasteiger partial charge in [0.1, 0.15) is 12.1 Å². The molecular weight excluding hydrogens is 508 g/mol. The molecule has 0 heterocycles. The van der Waals surface area contributed by atoms with Crippen molar-refractivity contribution < 1.29 is 24.0 Å². The van der Waals surface area contributed by atoms with Gasteiger partial charge in [0.05, 0.1) is 0 Å². The first-order chi connectivity index (χ1) is 18.5. The Hall–Kier alpha value is -3.75. The van der Waals surface area contributed by atoms with Gasteiger partial charge >= 0.3 is 0 Å². The average Bonchev–Trinajstić information content (AvgIpc) is 2.86. The molecule has 0 aliphatic carbocycles. The summed E-state index contributed by atoms with van der Waals surface area (Å²) in [4.78, 5) is 65.8. The molecule has 2 atom stereocenters. The number of imide groups is 1. The number of nitrogens with one attached hydrogen (secondary N) is 3. The van der Waals surface area contributed by atoms with Gasteiger partial charge in [0.15, 0.2) is 0 Å². The lowest BCUT2D eigenvalue weighted by atomic mass is 9.78. The number of anilines is 1. The summed E-state index contributed by atoms with van der Waals surface area (Å²) in [7, 11) is 0. The van der Waals surface area contributed by atoms with E-state index in [0.29, 0.717) is 18.5 Å². The quantitative estimate of drug-likeness (QED) is 0.296. The zero-order valence-corrected chi connectivity index (χ0v) is 25.2. The number of benzene rings is 1. The van der Waals surface area contributed by atoms with Crippen LogP contribution in [0.25, 0.3) is 0 Å². The van der Waals surface area contributed by atoms with Gasteiger partial charge in [-0.2, -0.15) is 0 Å². The second kappa shape index (κ2) is 14.6. The van der Waals surface area contributed by atoms with E-state index >= 15 is 0 Å². The summed E-state index contributed by atoms with van der Waals surface area (Å²) < 4.78 is 0. The van der Waals surface area contributed by atoms with Crippen LogP contribution in [0.2, 0.25) is 0 Å². The van der Waals surface area contributed by atoms with Gasteiger partial charge in [-0.25, -0.2) is 0 Å². The Kier molecular flexibility index (Phi) is 12.5. The fourth-order valence-corrected chi connectivity index (χ4v) is 4.69. The van der Waals surface area contributed by atoms with Gasteiger partial charge in [0.2, 0.25) is 17.7 Å². The van der Waals surface area contributed by atoms with Gasteiger partial charge in [-0.1, -0.05) is 71.9 Å². The number of hydrogen-bond donors (Lipinski definition) is 3. The van der Waals surface area contributed by atoms with Crippen molar-refractivity contribution in [1.29, 1.82) is 0 Å². The van der Waals surface area contributed by atoms with E-state index in [-0.39, 0.29) is 18.2 Å². The Morgan fingerprint density at radius 3 is 1.88 bits per heavy atom. The summed E-state index contributed by atoms with van der Waals surface area (Å²) in [5.74, 6) is -2.72. The highest BCUT2D eigenvalue weighted by Gasteiger charge is 2.42. The van der Waals surface area contributed by atoms with Gasteiger partial charge in [-0.15, -0.1) is 0 Å². The van der Waals surface area contributed by atoms with Crippen LogP contribution in [-0.2, 0) is 24.0 Å². The van der Waals surface area contributed by atoms with E-state index in [2.05, 4.69) is 29.1 Å². The van der Waals surface area contributed by atoms with Crippen LogP contribution in [0.4, 0.5) is 5.69 Å². The third-order valence-corrected chi connectivity index (χ3v) is 6.65. The highest BCUT2D eigenvalue weighted by Crippen LogP contribution is 2.33. The van der Waals surface area contributed by atoms with Crippen LogP contribution in [0.3, 0.4) is 0 Å². The number of carbonyl (C=O) groups excluding carboxylic acids is 5. The van der Waals surface area contributed by atoms with Crippen LogP contribution in [0, 0.1) is 18.3 Å². The van der Waals surface area contributed by atoms with Crippen molar-refractivity contribution in [1.82, 2.24) is 15.5 Å². The van der Waals surface area contributed by atoms with Gasteiger partial charge in [0, 0.05) is 16.6 Å². The predicted molar refractivity (Wildman–Crippen MR) is 158 cm³/mol. The molecule has 1 unspecified atom stereocenters. The molecule has 0 aliphatic heterocycles. The normalized spacial score (nSPS) is 13.0. The van der Waals surface area contributed by atoms with Crippen LogP contribution < -0.4 is 16.0 Å². The van der Waals surface area contributed by atoms with Crippen LogP contribution in [0.1, 0.15) is 73.3 Å². The molecule has 0 spiro atoms. The lowest BCUT2D eigenvalue weighted by Crippen LogP contribution is -2.58. The molecule has 1 aromatic rings. The molecule has 1 rings (SSSR count). The van der Waals surface area contributed by atoms with E-state index in [4.69, 9.17) is 0 Å². The van der Waals surface area contributed by atoms with E-state index in [9.17, 15) is 24.0 Å². The number of aryl methyl sites for hydroxylation is 1. The molecule has 9 heteroatoms. The summed E-state index contributed by atoms with van der Waals surface area (Å²) in [6.07, 6.45) is 3.27. The SMILES string of the molecule is C=CC(=O)N(C(=O)C=C)C(C)(C)CC(C)(C)C(=O)NC(C(=O)N[C@@H](CCC)C(=O)Nc1ccc(C)cc1)C(C)C. The van der Waals surface area contributed by atoms with Crippen molar-refractivity contribution in [2.45, 2.75) is 92.3 Å². The summed E-state index contributed by atoms with van der Waals surface area (Å²) in [5, 5.41) is 8.49. The predicted octanol–water partition coefficient (Wildman–Crippen LogP) is 4.28. The Bertz CT molecular complexity index is 1090. The average molecular weight is 555 g/mol. The Balaban J connectivity index is 3.08. The maximum atomic E-state index is 13.5. The van der Waals surface area contributed by atoms with Gasteiger partial charge in [0.25, 0.3) is 11.8 Å². The Labute approximate surface area is 238 Å². The van der Waals surface area contributed by atoms with E-state index in [1.165, 1.54) is 0 Å². The van der Waals surface area contributed by atoms with E-state index in [0.717, 1.165) is 22.6 Å². The first-order valence-electron chi connectivity index (χ1n) is 13.6. The third-order valence-electron chi connectivity index (χ3n) is 6.65. The molecule has 0 saturated heterocycles. The van der Waals surface area contributed by atoms with E-state index in [1.807, 2.05) is 26.0 Å². The molecule has 9 nitrogen and oxygen atoms in total. The molecule has 1 aromatic carbocycles. The molecule has 0 aromatic heterocycles. The lowest BCUT2D eigenvalue weighted by molar-refractivity contribution is -0.148. The molecule has 5 amide bonds. The molecule has 0 radical (unpaired) electrons. The number of amides is 5. The first kappa shape index (κ1) is 34.3. The maximum absolute atomic E-state index is 13.5. The standard InChI is InChI=1S/C31H46N4O5/c1-11-14-23(27(38)32-22-17-15-21(6)16-18-22)33-28(39)26(20(4)5)34-29(40)30(7,8)19-31(9,10)35(24(36)12-2)25(37)13-3/h12-13,15-18,20,23,26H,2-3,11,14,19H2,1,4-10H3,(H,32,38)(H,33,39)(H,34,40)/t23-,26?/m0/s1. The van der Waals surface area contributed by atoms with Crippen molar-refractivity contribution in [2.24, 2.45) is 11.3 Å². The molecule has 0 bridgehead atoms. The zero-order valence-electron chi connectivity index (χ0n) is 25.2. The number of rotatable bonds is 14. The molecule has 0 fully saturated rings. The fraction of sp³-hybridized carbons (Fsp3) is 0.516. The minimum absolute atomic E-state index is 0.106. The molecule has 0 aliphatic rings. The topological polar surface area (TPSA) is 125 Å². The highest BCUT2D eigenvalue weighted by molar-refractivity contribution is 6.05. The third kappa shape index (κ3) is 9.47. The Morgan fingerprint density at radius 1 is 0.900 bits per heavy atom. The van der Waals surface area contributed by atoms with Crippen molar-refractivity contribution >= 4 is 35.2 Å². The van der Waals surface area contributed by atoms with E-state index in [1.54, 1.807) is 53.7 Å². The second-order valence-corrected chi connectivity index (χ2v) is 11.7. The fourth-order valence-electron chi connectivity index (χ4n) is 4.69. The number of nitrogens with zero attached hydrogens (tertiary/aromatic N) is 1. The van der Waals surface area contributed by atoms with Crippen LogP contribution >= 0.6 is 0 Å². The minimum atomic E-state index is -1.08. The first-order valence-corrected chi connectivity index (χ1v) is 13.6. The van der Waals surface area contributed by atoms with Crippen LogP contribution in [0.15, 0.2) is 49.6 Å². The molecule has 220 valence electrons. The smallest absolute Gasteiger partial charge is 0.253 e. The monoisotopic (exact) mass is 554 g/mol. The van der Waals surface area contributed by atoms with Gasteiger partial charge in [-0.05, 0) is 63.8 Å². The summed E-state index contributed by atoms with van der Waals surface area (Å²) >= 11 is 0. The Morgan fingerprint density at radius 2 is 1.43 bits per heavy atom. The van der Waals surface area contributed by atoms with Gasteiger partial charge < -0.3 is 16.0 Å². The van der Waals surface area contributed by atoms with Crippen molar-refractivity contribution in [3.63, 3.8) is 0 Å². The summed E-state index contributed by atoms with van der Waals surface area (Å²) in [5.41, 5.74) is -0.453. The lowest BCUT2D eigenvalue weighted by Gasteiger charge is -2.41. The van der Waals surface area contributed by atoms with Crippen molar-refractivity contribution in [3.8, 4) is 0 Å². The maximum Gasteiger partial charge on any atom is 0.253 e. The van der Waals surface area contributed by atoms with E-state index < -0.39 is 46.7 Å². The number of carbonyl (C=O) groups is 5. The van der Waals surface area contributed by atoms with Gasteiger partial charge in [-0.3, -0.25) is 28.9 Å². The molecule has 3 N–H and O–H groups in total. The van der Waals surface area contributed by atoms with Crippen LogP contribution in [-0.4, -0.2) is 52.1 Å². The largest absolute Gasteiger partial charge is 0.344 e. The minimum Gasteiger partial charge on any atom is -0.344 e. The second-order valence-electron chi connectivity index (χ2n) is 11.7. The molecule has 40 heavy (non-hydrogen) atoms. The summed E-state index contributed by atoms with van der Waals surface area (Å²) in [6, 6.07) is 5.66. The van der Waals surface area contributed by atoms with Crippen LogP contribution in [0.5, 0.6) is 0 Å². The van der Waals surface area contributed by atoms with Crippen molar-refractivity contribution in [3.05, 3.63) is 55.1 Å². The molecular formula is C31H46N4O5. The highest BCUT2D eigenvalue weighted by atomic mass is 16.2. The summed E-state index contributed by atoms with van der Waals surface area (Å²) in [6.45, 7) is 21.1.